The molecular formula is C15H21FN4O. The van der Waals surface area contributed by atoms with Gasteiger partial charge in [0.1, 0.15) is 11.6 Å². The van der Waals surface area contributed by atoms with Crippen LogP contribution in [0.5, 0.6) is 5.75 Å². The second-order valence-corrected chi connectivity index (χ2v) is 4.91. The number of methoxy groups -OCH3 is 1. The molecule has 0 fully saturated rings. The number of nitrogens with zero attached hydrogens (tertiary/aromatic N) is 2. The molecule has 2 rings (SSSR count). The molecule has 1 aromatic heterocycles. The highest BCUT2D eigenvalue weighted by Gasteiger charge is 2.18. The average Bonchev–Trinajstić information content (AvgIpc) is 2.85. The quantitative estimate of drug-likeness (QED) is 0.630. The van der Waals surface area contributed by atoms with Crippen molar-refractivity contribution in [2.24, 2.45) is 12.9 Å². The molecular weight excluding hydrogens is 271 g/mol. The van der Waals surface area contributed by atoms with Gasteiger partial charge in [0.05, 0.1) is 18.8 Å². The van der Waals surface area contributed by atoms with Crippen molar-refractivity contribution in [3.63, 3.8) is 0 Å². The van der Waals surface area contributed by atoms with Crippen LogP contribution in [0.1, 0.15) is 29.9 Å². The predicted molar refractivity (Wildman–Crippen MR) is 79.3 cm³/mol. The summed E-state index contributed by atoms with van der Waals surface area (Å²) in [6.45, 7) is 2.05. The van der Waals surface area contributed by atoms with Crippen molar-refractivity contribution in [2.75, 3.05) is 7.11 Å². The summed E-state index contributed by atoms with van der Waals surface area (Å²) in [5, 5.41) is 4.39. The van der Waals surface area contributed by atoms with Gasteiger partial charge < -0.3 is 4.74 Å². The molecule has 2 aromatic rings. The van der Waals surface area contributed by atoms with Gasteiger partial charge in [0.15, 0.2) is 0 Å². The molecule has 0 saturated carbocycles. The van der Waals surface area contributed by atoms with E-state index in [1.807, 2.05) is 24.7 Å². The van der Waals surface area contributed by atoms with Crippen LogP contribution in [-0.4, -0.2) is 16.9 Å². The number of nitrogens with one attached hydrogen (secondary N) is 1. The molecule has 114 valence electrons. The molecule has 21 heavy (non-hydrogen) atoms. The van der Waals surface area contributed by atoms with E-state index in [0.29, 0.717) is 17.7 Å². The van der Waals surface area contributed by atoms with E-state index in [1.165, 1.54) is 13.2 Å². The fraction of sp³-hybridized carbons (Fsp3) is 0.400. The maximum Gasteiger partial charge on any atom is 0.131 e. The zero-order chi connectivity index (χ0) is 15.4. The third-order valence-electron chi connectivity index (χ3n) is 3.59. The molecule has 1 aromatic carbocycles. The lowest BCUT2D eigenvalue weighted by Crippen LogP contribution is -2.30. The Bertz CT molecular complexity index is 612. The fourth-order valence-corrected chi connectivity index (χ4v) is 2.32. The third-order valence-corrected chi connectivity index (χ3v) is 3.59. The van der Waals surface area contributed by atoms with Crippen molar-refractivity contribution in [1.82, 2.24) is 15.2 Å². The van der Waals surface area contributed by atoms with E-state index in [9.17, 15) is 4.39 Å². The Balaban J connectivity index is 2.25. The first-order chi connectivity index (χ1) is 10.1. The smallest absolute Gasteiger partial charge is 0.131 e. The number of halogens is 1. The molecule has 0 bridgehead atoms. The molecule has 6 heteroatoms. The topological polar surface area (TPSA) is 65.1 Å². The van der Waals surface area contributed by atoms with Crippen LogP contribution in [0.15, 0.2) is 24.3 Å². The summed E-state index contributed by atoms with van der Waals surface area (Å²) in [6, 6.07) is 6.47. The molecule has 0 amide bonds. The highest BCUT2D eigenvalue weighted by atomic mass is 19.1. The molecule has 1 atom stereocenters. The van der Waals surface area contributed by atoms with Gasteiger partial charge in [-0.25, -0.2) is 4.39 Å². The number of nitrogens with two attached hydrogens (primary N) is 1. The van der Waals surface area contributed by atoms with Gasteiger partial charge >= 0.3 is 0 Å². The van der Waals surface area contributed by atoms with Gasteiger partial charge in [-0.1, -0.05) is 13.0 Å². The van der Waals surface area contributed by atoms with E-state index in [4.69, 9.17) is 10.6 Å². The summed E-state index contributed by atoms with van der Waals surface area (Å²) in [5.74, 6) is 5.75. The van der Waals surface area contributed by atoms with Crippen LogP contribution < -0.4 is 16.0 Å². The van der Waals surface area contributed by atoms with Crippen LogP contribution in [0.3, 0.4) is 0 Å². The first-order valence-electron chi connectivity index (χ1n) is 6.90. The number of aryl methyl sites for hydroxylation is 2. The Kier molecular flexibility index (Phi) is 4.93. The molecule has 0 spiro atoms. The molecule has 0 aliphatic heterocycles. The van der Waals surface area contributed by atoms with Crippen molar-refractivity contribution < 1.29 is 9.13 Å². The molecule has 0 aliphatic rings. The predicted octanol–water partition coefficient (Wildman–Crippen LogP) is 1.88. The lowest BCUT2D eigenvalue weighted by atomic mass is 10.0. The van der Waals surface area contributed by atoms with Gasteiger partial charge in [-0.15, -0.1) is 0 Å². The van der Waals surface area contributed by atoms with E-state index >= 15 is 0 Å². The summed E-state index contributed by atoms with van der Waals surface area (Å²) >= 11 is 0. The van der Waals surface area contributed by atoms with Crippen LogP contribution >= 0.6 is 0 Å². The number of rotatable bonds is 6. The van der Waals surface area contributed by atoms with Crippen LogP contribution in [0.2, 0.25) is 0 Å². The Morgan fingerprint density at radius 1 is 1.43 bits per heavy atom. The second-order valence-electron chi connectivity index (χ2n) is 4.91. The Labute approximate surface area is 123 Å². The van der Waals surface area contributed by atoms with Crippen molar-refractivity contribution in [1.29, 1.82) is 0 Å². The van der Waals surface area contributed by atoms with Gasteiger partial charge in [-0.3, -0.25) is 16.0 Å². The van der Waals surface area contributed by atoms with E-state index in [1.54, 1.807) is 12.1 Å². The van der Waals surface area contributed by atoms with Crippen LogP contribution in [0.4, 0.5) is 4.39 Å². The number of benzene rings is 1. The van der Waals surface area contributed by atoms with Gasteiger partial charge in [0.2, 0.25) is 0 Å². The Morgan fingerprint density at radius 2 is 2.19 bits per heavy atom. The number of hydrogen-bond donors (Lipinski definition) is 2. The third kappa shape index (κ3) is 3.40. The van der Waals surface area contributed by atoms with Gasteiger partial charge in [-0.2, -0.15) is 5.10 Å². The molecule has 5 nitrogen and oxygen atoms in total. The monoisotopic (exact) mass is 292 g/mol. The first kappa shape index (κ1) is 15.5. The maximum atomic E-state index is 14.2. The molecule has 0 saturated heterocycles. The normalized spacial score (nSPS) is 12.4. The molecule has 0 radical (unpaired) electrons. The van der Waals surface area contributed by atoms with Crippen LogP contribution in [0, 0.1) is 5.82 Å². The zero-order valence-electron chi connectivity index (χ0n) is 12.6. The minimum atomic E-state index is -0.338. The highest BCUT2D eigenvalue weighted by molar-refractivity contribution is 5.31. The van der Waals surface area contributed by atoms with Gasteiger partial charge in [-0.05, 0) is 18.6 Å². The van der Waals surface area contributed by atoms with Crippen molar-refractivity contribution in [2.45, 2.75) is 25.8 Å². The van der Waals surface area contributed by atoms with E-state index < -0.39 is 0 Å². The number of hydrogen-bond acceptors (Lipinski definition) is 4. The Hall–Kier alpha value is -1.92. The largest absolute Gasteiger partial charge is 0.497 e. The lowest BCUT2D eigenvalue weighted by Gasteiger charge is -2.17. The highest BCUT2D eigenvalue weighted by Crippen LogP contribution is 2.24. The number of hydrazine groups is 1. The molecule has 1 heterocycles. The number of ether oxygens (including phenoxy) is 1. The molecule has 0 aliphatic carbocycles. The lowest BCUT2D eigenvalue weighted by molar-refractivity contribution is 0.409. The van der Waals surface area contributed by atoms with E-state index in [-0.39, 0.29) is 11.9 Å². The fourth-order valence-electron chi connectivity index (χ4n) is 2.32. The number of aromatic nitrogens is 2. The zero-order valence-corrected chi connectivity index (χ0v) is 12.6. The van der Waals surface area contributed by atoms with Crippen LogP contribution in [0.25, 0.3) is 0 Å². The van der Waals surface area contributed by atoms with Gasteiger partial charge in [0.25, 0.3) is 0 Å². The van der Waals surface area contributed by atoms with Crippen LogP contribution in [-0.2, 0) is 19.9 Å². The molecule has 1 unspecified atom stereocenters. The van der Waals surface area contributed by atoms with Crippen molar-refractivity contribution in [3.8, 4) is 5.75 Å². The van der Waals surface area contributed by atoms with Crippen molar-refractivity contribution in [3.05, 3.63) is 47.0 Å². The molecule has 3 N–H and O–H groups in total. The summed E-state index contributed by atoms with van der Waals surface area (Å²) in [6.07, 6.45) is 1.43. The van der Waals surface area contributed by atoms with E-state index in [0.717, 1.165) is 17.8 Å². The minimum Gasteiger partial charge on any atom is -0.497 e. The summed E-state index contributed by atoms with van der Waals surface area (Å²) in [7, 11) is 3.39. The van der Waals surface area contributed by atoms with Crippen molar-refractivity contribution >= 4 is 0 Å². The first-order valence-corrected chi connectivity index (χ1v) is 6.90. The van der Waals surface area contributed by atoms with Gasteiger partial charge in [0, 0.05) is 30.8 Å². The Morgan fingerprint density at radius 3 is 2.71 bits per heavy atom. The standard InChI is InChI=1S/C15H21FN4O/c1-4-10-7-11(20(2)19-10)8-15(18-17)13-6-5-12(21-3)9-14(13)16/h5-7,9,15,18H,4,8,17H2,1-3H3. The minimum absolute atomic E-state index is 0.323. The summed E-state index contributed by atoms with van der Waals surface area (Å²) < 4.78 is 21.0. The SMILES string of the molecule is CCc1cc(CC(NN)c2ccc(OC)cc2F)n(C)n1. The second kappa shape index (κ2) is 6.69. The van der Waals surface area contributed by atoms with E-state index in [2.05, 4.69) is 10.5 Å². The summed E-state index contributed by atoms with van der Waals surface area (Å²) in [5.41, 5.74) is 5.21. The maximum absolute atomic E-state index is 14.2. The summed E-state index contributed by atoms with van der Waals surface area (Å²) in [4.78, 5) is 0. The average molecular weight is 292 g/mol.